The lowest BCUT2D eigenvalue weighted by atomic mass is 10.1. The third-order valence-electron chi connectivity index (χ3n) is 4.21. The minimum atomic E-state index is -0.585. The van der Waals surface area contributed by atoms with E-state index in [0.29, 0.717) is 19.7 Å². The third-order valence-corrected chi connectivity index (χ3v) is 4.21. The van der Waals surface area contributed by atoms with E-state index in [1.165, 1.54) is 38.5 Å². The van der Waals surface area contributed by atoms with Gasteiger partial charge in [0.15, 0.2) is 0 Å². The molecule has 0 atom stereocenters. The third kappa shape index (κ3) is 10.1. The number of carbonyl (C=O) groups is 2. The van der Waals surface area contributed by atoms with Gasteiger partial charge in [-0.05, 0) is 31.0 Å². The van der Waals surface area contributed by atoms with Gasteiger partial charge in [0.2, 0.25) is 0 Å². The van der Waals surface area contributed by atoms with E-state index in [9.17, 15) is 9.59 Å². The van der Waals surface area contributed by atoms with Crippen LogP contribution in [-0.2, 0) is 16.1 Å². The number of hydrogen-bond donors (Lipinski definition) is 2. The first-order valence-corrected chi connectivity index (χ1v) is 9.95. The molecule has 0 bridgehead atoms. The summed E-state index contributed by atoms with van der Waals surface area (Å²) in [5.74, 6) is -0.344. The monoisotopic (exact) mass is 362 g/mol. The minimum absolute atomic E-state index is 0.330. The summed E-state index contributed by atoms with van der Waals surface area (Å²) < 4.78 is 5.37. The maximum absolute atomic E-state index is 11.8. The van der Waals surface area contributed by atoms with Gasteiger partial charge < -0.3 is 15.4 Å². The van der Waals surface area contributed by atoms with Crippen molar-refractivity contribution in [3.05, 3.63) is 29.8 Å². The zero-order valence-electron chi connectivity index (χ0n) is 16.3. The highest BCUT2D eigenvalue weighted by Crippen LogP contribution is 2.11. The smallest absolute Gasteiger partial charge is 0.309 e. The molecular weight excluding hydrogens is 328 g/mol. The standard InChI is InChI=1S/C21H34N2O3/c1-3-5-6-7-8-9-10-11-16-22-20(24)21(25)23-17-18-12-14-19(15-13-18)26-4-2/h12-15H,3-11,16-17H2,1-2H3,(H,22,24)(H,23,25). The lowest BCUT2D eigenvalue weighted by Crippen LogP contribution is -2.39. The van der Waals surface area contributed by atoms with Crippen LogP contribution in [0.4, 0.5) is 0 Å². The summed E-state index contributed by atoms with van der Waals surface area (Å²) in [4.78, 5) is 23.6. The second kappa shape index (κ2) is 14.2. The molecule has 5 heteroatoms. The van der Waals surface area contributed by atoms with Gasteiger partial charge in [-0.2, -0.15) is 0 Å². The molecule has 0 aromatic heterocycles. The van der Waals surface area contributed by atoms with Gasteiger partial charge in [-0.3, -0.25) is 9.59 Å². The van der Waals surface area contributed by atoms with Gasteiger partial charge in [-0.15, -0.1) is 0 Å². The molecule has 0 saturated heterocycles. The van der Waals surface area contributed by atoms with Gasteiger partial charge in [0.25, 0.3) is 0 Å². The van der Waals surface area contributed by atoms with Gasteiger partial charge in [-0.25, -0.2) is 0 Å². The van der Waals surface area contributed by atoms with E-state index in [1.807, 2.05) is 31.2 Å². The lowest BCUT2D eigenvalue weighted by molar-refractivity contribution is -0.139. The Morgan fingerprint density at radius 2 is 1.38 bits per heavy atom. The van der Waals surface area contributed by atoms with Crippen LogP contribution in [0, 0.1) is 0 Å². The van der Waals surface area contributed by atoms with E-state index in [-0.39, 0.29) is 0 Å². The summed E-state index contributed by atoms with van der Waals surface area (Å²) in [6, 6.07) is 7.47. The van der Waals surface area contributed by atoms with Crippen LogP contribution in [0.25, 0.3) is 0 Å². The van der Waals surface area contributed by atoms with Crippen LogP contribution in [0.15, 0.2) is 24.3 Å². The molecule has 0 unspecified atom stereocenters. The highest BCUT2D eigenvalue weighted by Gasteiger charge is 2.11. The van der Waals surface area contributed by atoms with Crippen molar-refractivity contribution in [2.75, 3.05) is 13.2 Å². The minimum Gasteiger partial charge on any atom is -0.494 e. The van der Waals surface area contributed by atoms with Crippen molar-refractivity contribution in [3.8, 4) is 5.75 Å². The van der Waals surface area contributed by atoms with Crippen molar-refractivity contribution in [2.24, 2.45) is 0 Å². The summed E-state index contributed by atoms with van der Waals surface area (Å²) in [5.41, 5.74) is 0.928. The molecule has 0 radical (unpaired) electrons. The topological polar surface area (TPSA) is 67.4 Å². The summed E-state index contributed by atoms with van der Waals surface area (Å²) >= 11 is 0. The Morgan fingerprint density at radius 1 is 0.808 bits per heavy atom. The predicted molar refractivity (Wildman–Crippen MR) is 105 cm³/mol. The molecule has 0 saturated carbocycles. The lowest BCUT2D eigenvalue weighted by Gasteiger charge is -2.08. The summed E-state index contributed by atoms with van der Waals surface area (Å²) in [7, 11) is 0. The van der Waals surface area contributed by atoms with Gasteiger partial charge in [0.05, 0.1) is 6.61 Å². The van der Waals surface area contributed by atoms with Crippen LogP contribution in [0.1, 0.15) is 70.8 Å². The van der Waals surface area contributed by atoms with Crippen LogP contribution in [0.2, 0.25) is 0 Å². The fourth-order valence-electron chi connectivity index (χ4n) is 2.67. The summed E-state index contributed by atoms with van der Waals surface area (Å²) in [6.45, 7) is 5.66. The first-order valence-electron chi connectivity index (χ1n) is 9.95. The molecule has 1 aromatic carbocycles. The fraction of sp³-hybridized carbons (Fsp3) is 0.619. The van der Waals surface area contributed by atoms with Crippen molar-refractivity contribution in [1.82, 2.24) is 10.6 Å². The average Bonchev–Trinajstić information content (AvgIpc) is 2.66. The van der Waals surface area contributed by atoms with E-state index in [4.69, 9.17) is 4.74 Å². The number of unbranched alkanes of at least 4 members (excludes halogenated alkanes) is 7. The Hall–Kier alpha value is -2.04. The maximum Gasteiger partial charge on any atom is 0.309 e. The van der Waals surface area contributed by atoms with Crippen molar-refractivity contribution < 1.29 is 14.3 Å². The molecule has 26 heavy (non-hydrogen) atoms. The van der Waals surface area contributed by atoms with Crippen LogP contribution < -0.4 is 15.4 Å². The molecule has 146 valence electrons. The number of amides is 2. The molecule has 0 aliphatic heterocycles. The number of benzene rings is 1. The predicted octanol–water partition coefficient (Wildman–Crippen LogP) is 3.96. The largest absolute Gasteiger partial charge is 0.494 e. The van der Waals surface area contributed by atoms with E-state index in [1.54, 1.807) is 0 Å². The molecule has 0 aliphatic rings. The average molecular weight is 363 g/mol. The fourth-order valence-corrected chi connectivity index (χ4v) is 2.67. The van der Waals surface area contributed by atoms with Gasteiger partial charge in [0.1, 0.15) is 5.75 Å². The van der Waals surface area contributed by atoms with Crippen LogP contribution in [0.3, 0.4) is 0 Å². The van der Waals surface area contributed by atoms with E-state index >= 15 is 0 Å². The zero-order valence-corrected chi connectivity index (χ0v) is 16.3. The molecule has 1 aromatic rings. The van der Waals surface area contributed by atoms with Crippen molar-refractivity contribution in [2.45, 2.75) is 71.8 Å². The molecule has 5 nitrogen and oxygen atoms in total. The molecule has 2 N–H and O–H groups in total. The highest BCUT2D eigenvalue weighted by atomic mass is 16.5. The highest BCUT2D eigenvalue weighted by molar-refractivity contribution is 6.35. The number of rotatable bonds is 13. The number of hydrogen-bond acceptors (Lipinski definition) is 3. The second-order valence-electron chi connectivity index (χ2n) is 6.49. The SMILES string of the molecule is CCCCCCCCCCNC(=O)C(=O)NCc1ccc(OCC)cc1. The Labute approximate surface area is 157 Å². The Kier molecular flexibility index (Phi) is 12.0. The van der Waals surface area contributed by atoms with Crippen molar-refractivity contribution in [3.63, 3.8) is 0 Å². The number of carbonyl (C=O) groups excluding carboxylic acids is 2. The maximum atomic E-state index is 11.8. The van der Waals surface area contributed by atoms with Gasteiger partial charge >= 0.3 is 11.8 Å². The summed E-state index contributed by atoms with van der Waals surface area (Å²) in [6.07, 6.45) is 9.69. The molecule has 0 aliphatic carbocycles. The zero-order chi connectivity index (χ0) is 19.0. The van der Waals surface area contributed by atoms with Crippen molar-refractivity contribution in [1.29, 1.82) is 0 Å². The van der Waals surface area contributed by atoms with Crippen molar-refractivity contribution >= 4 is 11.8 Å². The Bertz CT molecular complexity index is 514. The molecule has 1 rings (SSSR count). The molecule has 0 heterocycles. The van der Waals surface area contributed by atoms with E-state index < -0.39 is 11.8 Å². The first kappa shape index (κ1) is 22.0. The summed E-state index contributed by atoms with van der Waals surface area (Å²) in [5, 5.41) is 5.32. The molecular formula is C21H34N2O3. The van der Waals surface area contributed by atoms with E-state index in [2.05, 4.69) is 17.6 Å². The molecule has 0 fully saturated rings. The normalized spacial score (nSPS) is 10.4. The van der Waals surface area contributed by atoms with Crippen LogP contribution in [0.5, 0.6) is 5.75 Å². The number of nitrogens with one attached hydrogen (secondary N) is 2. The van der Waals surface area contributed by atoms with Crippen LogP contribution >= 0.6 is 0 Å². The second-order valence-corrected chi connectivity index (χ2v) is 6.49. The molecule has 2 amide bonds. The quantitative estimate of drug-likeness (QED) is 0.412. The van der Waals surface area contributed by atoms with Gasteiger partial charge in [-0.1, -0.05) is 64.0 Å². The Morgan fingerprint density at radius 3 is 2.00 bits per heavy atom. The van der Waals surface area contributed by atoms with Crippen LogP contribution in [-0.4, -0.2) is 25.0 Å². The number of ether oxygens (including phenoxy) is 1. The first-order chi connectivity index (χ1) is 12.7. The molecule has 0 spiro atoms. The van der Waals surface area contributed by atoms with Gasteiger partial charge in [0, 0.05) is 13.1 Å². The van der Waals surface area contributed by atoms with E-state index in [0.717, 1.165) is 24.2 Å². The Balaban J connectivity index is 2.08.